The summed E-state index contributed by atoms with van der Waals surface area (Å²) >= 11 is 0. The van der Waals surface area contributed by atoms with Crippen molar-refractivity contribution in [3.63, 3.8) is 0 Å². The molecule has 0 unspecified atom stereocenters. The van der Waals surface area contributed by atoms with Crippen LogP contribution in [0.4, 0.5) is 17.1 Å². The van der Waals surface area contributed by atoms with Gasteiger partial charge in [0.1, 0.15) is 0 Å². The maximum atomic E-state index is 2.39. The van der Waals surface area contributed by atoms with Crippen molar-refractivity contribution in [2.24, 2.45) is 0 Å². The first-order chi connectivity index (χ1) is 27.8. The van der Waals surface area contributed by atoms with Crippen LogP contribution in [-0.2, 0) is 0 Å². The number of anilines is 3. The number of para-hydroxylation sites is 2. The second-order valence-electron chi connectivity index (χ2n) is 14.5. The molecule has 0 amide bonds. The lowest BCUT2D eigenvalue weighted by molar-refractivity contribution is 1.17. The molecule has 0 aliphatic heterocycles. The summed E-state index contributed by atoms with van der Waals surface area (Å²) in [5.74, 6) is 0. The molecule has 2 heteroatoms. The number of hydrogen-bond acceptors (Lipinski definition) is 1. The highest BCUT2D eigenvalue weighted by Gasteiger charge is 2.18. The molecule has 0 N–H and O–H groups in total. The first-order valence-electron chi connectivity index (χ1n) is 19.3. The Hall–Kier alpha value is -7.42. The maximum absolute atomic E-state index is 2.39. The predicted octanol–water partition coefficient (Wildman–Crippen LogP) is 15.0. The van der Waals surface area contributed by atoms with E-state index in [2.05, 4.69) is 228 Å². The first kappa shape index (κ1) is 32.0. The molecule has 10 aromatic carbocycles. The summed E-state index contributed by atoms with van der Waals surface area (Å²) in [5, 5.41) is 10.2. The van der Waals surface area contributed by atoms with Crippen LogP contribution in [0, 0.1) is 0 Å². The number of nitrogens with zero attached hydrogens (tertiary/aromatic N) is 2. The van der Waals surface area contributed by atoms with Crippen LogP contribution in [0.3, 0.4) is 0 Å². The highest BCUT2D eigenvalue weighted by molar-refractivity contribution is 6.24. The topological polar surface area (TPSA) is 8.17 Å². The van der Waals surface area contributed by atoms with Crippen molar-refractivity contribution in [3.05, 3.63) is 218 Å². The fraction of sp³-hybridized carbons (Fsp3) is 0. The van der Waals surface area contributed by atoms with E-state index in [0.717, 1.165) is 22.7 Å². The molecule has 1 aromatic heterocycles. The van der Waals surface area contributed by atoms with Gasteiger partial charge in [-0.1, -0.05) is 158 Å². The van der Waals surface area contributed by atoms with Gasteiger partial charge in [0.15, 0.2) is 0 Å². The van der Waals surface area contributed by atoms with Gasteiger partial charge < -0.3 is 9.47 Å². The van der Waals surface area contributed by atoms with Crippen molar-refractivity contribution in [3.8, 4) is 27.9 Å². The van der Waals surface area contributed by atoms with Gasteiger partial charge in [0.05, 0.1) is 11.0 Å². The number of hydrogen-bond donors (Lipinski definition) is 0. The molecule has 11 rings (SSSR count). The smallest absolute Gasteiger partial charge is 0.0541 e. The molecule has 0 bridgehead atoms. The van der Waals surface area contributed by atoms with Gasteiger partial charge in [0.2, 0.25) is 0 Å². The zero-order chi connectivity index (χ0) is 37.0. The lowest BCUT2D eigenvalue weighted by Gasteiger charge is -2.27. The van der Waals surface area contributed by atoms with Gasteiger partial charge in [-0.25, -0.2) is 0 Å². The van der Waals surface area contributed by atoms with Gasteiger partial charge in [-0.05, 0) is 115 Å². The highest BCUT2D eigenvalue weighted by atomic mass is 15.1. The summed E-state index contributed by atoms with van der Waals surface area (Å²) in [6, 6.07) is 79.5. The molecule has 262 valence electrons. The van der Waals surface area contributed by atoms with E-state index in [1.165, 1.54) is 76.4 Å². The van der Waals surface area contributed by atoms with Gasteiger partial charge in [0.25, 0.3) is 0 Å². The van der Waals surface area contributed by atoms with Crippen molar-refractivity contribution in [1.29, 1.82) is 0 Å². The summed E-state index contributed by atoms with van der Waals surface area (Å²) in [6.45, 7) is 0. The number of aromatic nitrogens is 1. The Bertz CT molecular complexity index is 3180. The average molecular weight is 713 g/mol. The molecule has 0 aliphatic carbocycles. The molecule has 11 aromatic rings. The van der Waals surface area contributed by atoms with Gasteiger partial charge in [-0.2, -0.15) is 0 Å². The lowest BCUT2D eigenvalue weighted by atomic mass is 9.90. The van der Waals surface area contributed by atoms with E-state index in [-0.39, 0.29) is 0 Å². The van der Waals surface area contributed by atoms with Crippen molar-refractivity contribution in [2.45, 2.75) is 0 Å². The fourth-order valence-corrected chi connectivity index (χ4v) is 8.77. The highest BCUT2D eigenvalue weighted by Crippen LogP contribution is 2.42. The maximum Gasteiger partial charge on any atom is 0.0541 e. The summed E-state index contributed by atoms with van der Waals surface area (Å²) in [5.41, 5.74) is 11.6. The number of rotatable bonds is 6. The van der Waals surface area contributed by atoms with Crippen LogP contribution in [0.25, 0.3) is 82.1 Å². The van der Waals surface area contributed by atoms with Crippen LogP contribution in [-0.4, -0.2) is 4.57 Å². The Morgan fingerprint density at radius 3 is 1.61 bits per heavy atom. The van der Waals surface area contributed by atoms with Crippen LogP contribution >= 0.6 is 0 Å². The van der Waals surface area contributed by atoms with Crippen molar-refractivity contribution < 1.29 is 0 Å². The molecule has 0 fully saturated rings. The molecule has 1 heterocycles. The van der Waals surface area contributed by atoms with Crippen molar-refractivity contribution in [1.82, 2.24) is 4.57 Å². The van der Waals surface area contributed by atoms with E-state index < -0.39 is 0 Å². The van der Waals surface area contributed by atoms with Gasteiger partial charge in [0, 0.05) is 33.5 Å². The van der Waals surface area contributed by atoms with Crippen LogP contribution in [0.5, 0.6) is 0 Å². The molecule has 56 heavy (non-hydrogen) atoms. The molecule has 0 spiro atoms. The van der Waals surface area contributed by atoms with E-state index in [4.69, 9.17) is 0 Å². The fourth-order valence-electron chi connectivity index (χ4n) is 8.77. The molecule has 0 saturated carbocycles. The van der Waals surface area contributed by atoms with E-state index in [9.17, 15) is 0 Å². The number of fused-ring (bicyclic) bond motifs is 8. The molecule has 0 radical (unpaired) electrons. The summed E-state index contributed by atoms with van der Waals surface area (Å²) in [6.07, 6.45) is 0. The minimum Gasteiger partial charge on any atom is -0.310 e. The lowest BCUT2D eigenvalue weighted by Crippen LogP contribution is -2.10. The average Bonchev–Trinajstić information content (AvgIpc) is 3.61. The van der Waals surface area contributed by atoms with Crippen LogP contribution in [0.15, 0.2) is 218 Å². The molecule has 0 aliphatic rings. The van der Waals surface area contributed by atoms with Crippen LogP contribution < -0.4 is 4.90 Å². The van der Waals surface area contributed by atoms with Crippen molar-refractivity contribution >= 4 is 71.2 Å². The zero-order valence-corrected chi connectivity index (χ0v) is 30.7. The van der Waals surface area contributed by atoms with E-state index in [1.54, 1.807) is 0 Å². The third-order valence-corrected chi connectivity index (χ3v) is 11.3. The Morgan fingerprint density at radius 2 is 0.875 bits per heavy atom. The van der Waals surface area contributed by atoms with Gasteiger partial charge in [-0.15, -0.1) is 0 Å². The largest absolute Gasteiger partial charge is 0.310 e. The van der Waals surface area contributed by atoms with Crippen LogP contribution in [0.2, 0.25) is 0 Å². The second kappa shape index (κ2) is 13.2. The molecular weight excluding hydrogens is 677 g/mol. The van der Waals surface area contributed by atoms with E-state index in [0.29, 0.717) is 0 Å². The third-order valence-electron chi connectivity index (χ3n) is 11.3. The SMILES string of the molecule is c1ccc(-c2cccc(N(c3ccc(-c4cc5ccccc5c5c4ccc4ccccc45)cc3)c3cccc(-n4c5ccccc5c5ccccc54)c3)c2)cc1. The quantitative estimate of drug-likeness (QED) is 0.156. The Kier molecular flexibility index (Phi) is 7.53. The van der Waals surface area contributed by atoms with Crippen molar-refractivity contribution in [2.75, 3.05) is 4.90 Å². The van der Waals surface area contributed by atoms with Gasteiger partial charge >= 0.3 is 0 Å². The summed E-state index contributed by atoms with van der Waals surface area (Å²) in [4.78, 5) is 2.39. The molecule has 0 saturated heterocycles. The number of benzene rings is 10. The predicted molar refractivity (Wildman–Crippen MR) is 239 cm³/mol. The molecule has 0 atom stereocenters. The Balaban J connectivity index is 1.09. The Labute approximate surface area is 325 Å². The van der Waals surface area contributed by atoms with Gasteiger partial charge in [-0.3, -0.25) is 0 Å². The zero-order valence-electron chi connectivity index (χ0n) is 30.7. The third kappa shape index (κ3) is 5.26. The van der Waals surface area contributed by atoms with Crippen LogP contribution in [0.1, 0.15) is 0 Å². The van der Waals surface area contributed by atoms with E-state index >= 15 is 0 Å². The minimum atomic E-state index is 1.09. The normalized spacial score (nSPS) is 11.6. The summed E-state index contributed by atoms with van der Waals surface area (Å²) in [7, 11) is 0. The first-order valence-corrected chi connectivity index (χ1v) is 19.3. The minimum absolute atomic E-state index is 1.09. The van der Waals surface area contributed by atoms with E-state index in [1.807, 2.05) is 0 Å². The second-order valence-corrected chi connectivity index (χ2v) is 14.5. The summed E-state index contributed by atoms with van der Waals surface area (Å²) < 4.78 is 2.39. The standard InChI is InChI=1S/C54H36N2/c1-2-14-37(15-3-1)40-18-12-19-43(34-40)55(44-20-13-21-45(36-44)56-52-26-10-8-24-48(52)49-25-9-11-27-53(49)56)42-31-28-39(29-32-42)51-35-41-17-5-7-23-47(41)54-46-22-6-4-16-38(46)30-33-50(51)54/h1-36H. The monoisotopic (exact) mass is 712 g/mol. The molecule has 2 nitrogen and oxygen atoms in total. The molecular formula is C54H36N2. The Morgan fingerprint density at radius 1 is 0.304 bits per heavy atom.